The summed E-state index contributed by atoms with van der Waals surface area (Å²) in [6.07, 6.45) is 2.12. The number of para-hydroxylation sites is 1. The Morgan fingerprint density at radius 1 is 1.03 bits per heavy atom. The second kappa shape index (κ2) is 9.51. The van der Waals surface area contributed by atoms with E-state index in [2.05, 4.69) is 5.32 Å². The van der Waals surface area contributed by atoms with Crippen molar-refractivity contribution in [2.24, 2.45) is 0 Å². The molecule has 2 heterocycles. The van der Waals surface area contributed by atoms with E-state index in [-0.39, 0.29) is 23.1 Å². The SMILES string of the molecule is O=C(O)c1cc(=O)c2cccc(NC(=O)C3(CCCc4ccccc4)Cc4c(Cl)cccc4O3)c2o1. The normalized spacial score (nSPS) is 16.4. The number of rotatable bonds is 7. The third-order valence-electron chi connectivity index (χ3n) is 6.36. The minimum Gasteiger partial charge on any atom is -0.477 e. The van der Waals surface area contributed by atoms with E-state index < -0.39 is 28.7 Å². The molecule has 0 saturated carbocycles. The average molecular weight is 504 g/mol. The van der Waals surface area contributed by atoms with Crippen LogP contribution in [0.15, 0.2) is 82.0 Å². The van der Waals surface area contributed by atoms with Gasteiger partial charge in [0.25, 0.3) is 5.91 Å². The van der Waals surface area contributed by atoms with Crippen LogP contribution in [0, 0.1) is 0 Å². The fraction of sp³-hybridized carbons (Fsp3) is 0.179. The number of carbonyl (C=O) groups excluding carboxylic acids is 1. The highest BCUT2D eigenvalue weighted by atomic mass is 35.5. The molecule has 1 aliphatic rings. The number of carbonyl (C=O) groups is 2. The van der Waals surface area contributed by atoms with E-state index in [0.29, 0.717) is 23.6 Å². The molecule has 1 amide bonds. The molecule has 3 aromatic carbocycles. The molecule has 182 valence electrons. The number of aryl methyl sites for hydroxylation is 1. The van der Waals surface area contributed by atoms with E-state index in [1.807, 2.05) is 30.3 Å². The van der Waals surface area contributed by atoms with Gasteiger partial charge in [0.2, 0.25) is 5.76 Å². The molecule has 0 saturated heterocycles. The first-order valence-electron chi connectivity index (χ1n) is 11.5. The summed E-state index contributed by atoms with van der Waals surface area (Å²) in [5.74, 6) is -1.77. The van der Waals surface area contributed by atoms with Crippen molar-refractivity contribution in [2.75, 3.05) is 5.32 Å². The highest BCUT2D eigenvalue weighted by Crippen LogP contribution is 2.42. The number of carboxylic acids is 1. The molecule has 5 rings (SSSR count). The molecular formula is C28H22ClNO6. The molecule has 0 spiro atoms. The van der Waals surface area contributed by atoms with Crippen LogP contribution in [0.5, 0.6) is 5.75 Å². The second-order valence-electron chi connectivity index (χ2n) is 8.75. The van der Waals surface area contributed by atoms with Gasteiger partial charge in [0, 0.05) is 23.1 Å². The molecule has 4 aromatic rings. The maximum atomic E-state index is 13.8. The number of ether oxygens (including phenoxy) is 1. The van der Waals surface area contributed by atoms with Crippen molar-refractivity contribution in [3.8, 4) is 5.75 Å². The summed E-state index contributed by atoms with van der Waals surface area (Å²) in [4.78, 5) is 37.7. The quantitative estimate of drug-likeness (QED) is 0.346. The van der Waals surface area contributed by atoms with Gasteiger partial charge in [-0.2, -0.15) is 0 Å². The summed E-state index contributed by atoms with van der Waals surface area (Å²) >= 11 is 6.42. The first-order chi connectivity index (χ1) is 17.4. The van der Waals surface area contributed by atoms with E-state index in [1.54, 1.807) is 30.3 Å². The first-order valence-corrected chi connectivity index (χ1v) is 11.9. The van der Waals surface area contributed by atoms with Gasteiger partial charge in [-0.25, -0.2) is 4.79 Å². The first kappa shape index (κ1) is 23.6. The van der Waals surface area contributed by atoms with Crippen molar-refractivity contribution >= 4 is 40.1 Å². The lowest BCUT2D eigenvalue weighted by Crippen LogP contribution is -2.47. The van der Waals surface area contributed by atoms with Crippen LogP contribution >= 0.6 is 11.6 Å². The molecule has 0 fully saturated rings. The fourth-order valence-electron chi connectivity index (χ4n) is 4.56. The summed E-state index contributed by atoms with van der Waals surface area (Å²) in [6, 6.07) is 20.9. The lowest BCUT2D eigenvalue weighted by atomic mass is 9.89. The van der Waals surface area contributed by atoms with Gasteiger partial charge in [-0.1, -0.05) is 54.1 Å². The number of nitrogens with one attached hydrogen (secondary N) is 1. The summed E-state index contributed by atoms with van der Waals surface area (Å²) in [5, 5.41) is 12.8. The number of fused-ring (bicyclic) bond motifs is 2. The van der Waals surface area contributed by atoms with Gasteiger partial charge >= 0.3 is 5.97 Å². The number of benzene rings is 3. The second-order valence-corrected chi connectivity index (χ2v) is 9.15. The summed E-state index contributed by atoms with van der Waals surface area (Å²) in [5.41, 5.74) is 0.327. The van der Waals surface area contributed by atoms with Crippen molar-refractivity contribution in [2.45, 2.75) is 31.3 Å². The van der Waals surface area contributed by atoms with E-state index >= 15 is 0 Å². The number of halogens is 1. The standard InChI is InChI=1S/C28H22ClNO6/c29-20-11-5-13-23-19(20)16-28(36-23,14-6-9-17-7-2-1-3-8-17)27(34)30-21-12-4-10-18-22(31)15-24(26(32)33)35-25(18)21/h1-5,7-8,10-13,15H,6,9,14,16H2,(H,30,34)(H,32,33). The predicted molar refractivity (Wildman–Crippen MR) is 136 cm³/mol. The smallest absolute Gasteiger partial charge is 0.371 e. The van der Waals surface area contributed by atoms with Crippen LogP contribution in [-0.2, 0) is 17.6 Å². The summed E-state index contributed by atoms with van der Waals surface area (Å²) in [7, 11) is 0. The van der Waals surface area contributed by atoms with Gasteiger partial charge in [-0.15, -0.1) is 0 Å². The van der Waals surface area contributed by atoms with Crippen molar-refractivity contribution in [1.82, 2.24) is 0 Å². The van der Waals surface area contributed by atoms with Crippen LogP contribution in [-0.4, -0.2) is 22.6 Å². The molecule has 1 atom stereocenters. The maximum Gasteiger partial charge on any atom is 0.371 e. The highest BCUT2D eigenvalue weighted by molar-refractivity contribution is 6.31. The monoisotopic (exact) mass is 503 g/mol. The molecule has 0 radical (unpaired) electrons. The minimum atomic E-state index is -1.38. The van der Waals surface area contributed by atoms with E-state index in [4.69, 9.17) is 20.8 Å². The van der Waals surface area contributed by atoms with Gasteiger partial charge in [0.15, 0.2) is 16.6 Å². The molecular weight excluding hydrogens is 482 g/mol. The fourth-order valence-corrected chi connectivity index (χ4v) is 4.79. The largest absolute Gasteiger partial charge is 0.477 e. The number of anilines is 1. The predicted octanol–water partition coefficient (Wildman–Crippen LogP) is 5.48. The van der Waals surface area contributed by atoms with Gasteiger partial charge in [0.1, 0.15) is 5.75 Å². The molecule has 1 unspecified atom stereocenters. The third kappa shape index (κ3) is 4.45. The number of hydrogen-bond acceptors (Lipinski definition) is 5. The Morgan fingerprint density at radius 2 is 1.81 bits per heavy atom. The summed E-state index contributed by atoms with van der Waals surface area (Å²) < 4.78 is 11.7. The van der Waals surface area contributed by atoms with E-state index in [9.17, 15) is 19.5 Å². The zero-order valence-electron chi connectivity index (χ0n) is 19.1. The number of amides is 1. The number of carboxylic acid groups (broad SMARTS) is 1. The Balaban J connectivity index is 1.48. The van der Waals surface area contributed by atoms with Crippen molar-refractivity contribution < 1.29 is 23.8 Å². The Labute approximate surface area is 211 Å². The van der Waals surface area contributed by atoms with E-state index in [0.717, 1.165) is 23.6 Å². The zero-order valence-corrected chi connectivity index (χ0v) is 19.9. The maximum absolute atomic E-state index is 13.8. The molecule has 36 heavy (non-hydrogen) atoms. The number of aromatic carboxylic acids is 1. The molecule has 1 aromatic heterocycles. The van der Waals surface area contributed by atoms with Gasteiger partial charge in [-0.05, 0) is 49.1 Å². The van der Waals surface area contributed by atoms with Crippen LogP contribution < -0.4 is 15.5 Å². The molecule has 1 aliphatic heterocycles. The van der Waals surface area contributed by atoms with Crippen LogP contribution in [0.3, 0.4) is 0 Å². The van der Waals surface area contributed by atoms with Crippen LogP contribution in [0.1, 0.15) is 34.5 Å². The minimum absolute atomic E-state index is 0.0104. The van der Waals surface area contributed by atoms with Crippen LogP contribution in [0.4, 0.5) is 5.69 Å². The van der Waals surface area contributed by atoms with Gasteiger partial charge in [-0.3, -0.25) is 9.59 Å². The Hall–Kier alpha value is -4.10. The van der Waals surface area contributed by atoms with Crippen molar-refractivity contribution in [1.29, 1.82) is 0 Å². The lowest BCUT2D eigenvalue weighted by molar-refractivity contribution is -0.130. The number of hydrogen-bond donors (Lipinski definition) is 2. The molecule has 2 N–H and O–H groups in total. The lowest BCUT2D eigenvalue weighted by Gasteiger charge is -2.28. The topological polar surface area (TPSA) is 106 Å². The van der Waals surface area contributed by atoms with Crippen molar-refractivity contribution in [3.05, 3.63) is 105 Å². The molecule has 0 aliphatic carbocycles. The molecule has 0 bridgehead atoms. The Kier molecular flexibility index (Phi) is 6.24. The molecule has 8 heteroatoms. The van der Waals surface area contributed by atoms with Crippen molar-refractivity contribution in [3.63, 3.8) is 0 Å². The van der Waals surface area contributed by atoms with Gasteiger partial charge in [0.05, 0.1) is 11.1 Å². The third-order valence-corrected chi connectivity index (χ3v) is 6.71. The van der Waals surface area contributed by atoms with Crippen LogP contribution in [0.25, 0.3) is 11.0 Å². The van der Waals surface area contributed by atoms with E-state index in [1.165, 1.54) is 6.07 Å². The Bertz CT molecular complexity index is 1530. The summed E-state index contributed by atoms with van der Waals surface area (Å²) in [6.45, 7) is 0. The highest BCUT2D eigenvalue weighted by Gasteiger charge is 2.46. The zero-order chi connectivity index (χ0) is 25.3. The van der Waals surface area contributed by atoms with Gasteiger partial charge < -0.3 is 19.6 Å². The van der Waals surface area contributed by atoms with Crippen LogP contribution in [0.2, 0.25) is 5.02 Å². The Morgan fingerprint density at radius 3 is 2.56 bits per heavy atom. The average Bonchev–Trinajstić information content (AvgIpc) is 3.26. The molecule has 7 nitrogen and oxygen atoms in total.